The first-order chi connectivity index (χ1) is 15.8. The number of pyridine rings is 1. The van der Waals surface area contributed by atoms with Gasteiger partial charge in [-0.1, -0.05) is 43.7 Å². The quantitative estimate of drug-likeness (QED) is 0.591. The average molecular weight is 443 g/mol. The maximum atomic E-state index is 13.3. The van der Waals surface area contributed by atoms with E-state index in [-0.39, 0.29) is 11.4 Å². The summed E-state index contributed by atoms with van der Waals surface area (Å²) in [6, 6.07) is 14.5. The van der Waals surface area contributed by atoms with Gasteiger partial charge in [-0.3, -0.25) is 24.3 Å². The van der Waals surface area contributed by atoms with Crippen LogP contribution in [0.5, 0.6) is 0 Å². The number of guanidine groups is 1. The van der Waals surface area contributed by atoms with Crippen LogP contribution in [-0.2, 0) is 13.0 Å². The zero-order valence-corrected chi connectivity index (χ0v) is 20.0. The van der Waals surface area contributed by atoms with Crippen molar-refractivity contribution in [3.63, 3.8) is 0 Å². The van der Waals surface area contributed by atoms with E-state index >= 15 is 0 Å². The van der Waals surface area contributed by atoms with Crippen LogP contribution in [0.2, 0.25) is 0 Å². The molecule has 1 amide bonds. The zero-order chi connectivity index (χ0) is 23.3. The Morgan fingerprint density at radius 3 is 2.55 bits per heavy atom. The molecular weight excluding hydrogens is 412 g/mol. The topological polar surface area (TPSA) is 66.6 Å². The molecule has 7 nitrogen and oxygen atoms in total. The summed E-state index contributed by atoms with van der Waals surface area (Å²) in [5.74, 6) is 1.42. The standard InChI is InChI=1S/C26H30N6O/c1-6-8-21-22-23(31-16-26(3,4)28-25(31)30(5)24(22)33)29-32(21)15-18-11-13-19(14-12-18)20-10-7-9-17(2)27-20/h7,9-14H,6,8,15-16H2,1-5H3. The number of benzene rings is 1. The van der Waals surface area contributed by atoms with E-state index < -0.39 is 0 Å². The first-order valence-electron chi connectivity index (χ1n) is 11.6. The van der Waals surface area contributed by atoms with Crippen LogP contribution in [0.25, 0.3) is 11.3 Å². The fourth-order valence-electron chi connectivity index (χ4n) is 4.68. The molecule has 170 valence electrons. The molecule has 0 bridgehead atoms. The minimum absolute atomic E-state index is 0.0201. The van der Waals surface area contributed by atoms with Crippen LogP contribution in [0.4, 0.5) is 5.82 Å². The van der Waals surface area contributed by atoms with Crippen LogP contribution >= 0.6 is 0 Å². The van der Waals surface area contributed by atoms with Gasteiger partial charge in [0.25, 0.3) is 5.91 Å². The van der Waals surface area contributed by atoms with Crippen molar-refractivity contribution in [3.8, 4) is 11.3 Å². The molecule has 0 unspecified atom stereocenters. The molecule has 0 atom stereocenters. The van der Waals surface area contributed by atoms with E-state index in [4.69, 9.17) is 10.1 Å². The highest BCUT2D eigenvalue weighted by Crippen LogP contribution is 2.36. The summed E-state index contributed by atoms with van der Waals surface area (Å²) in [5, 5.41) is 4.95. The molecule has 0 aliphatic carbocycles. The lowest BCUT2D eigenvalue weighted by Gasteiger charge is -2.30. The first kappa shape index (κ1) is 21.4. The molecule has 2 aliphatic heterocycles. The van der Waals surface area contributed by atoms with Gasteiger partial charge in [0.1, 0.15) is 5.56 Å². The van der Waals surface area contributed by atoms with Crippen molar-refractivity contribution in [1.29, 1.82) is 0 Å². The minimum Gasteiger partial charge on any atom is -0.292 e. The molecule has 0 spiro atoms. The van der Waals surface area contributed by atoms with Crippen molar-refractivity contribution in [2.75, 3.05) is 18.5 Å². The number of aliphatic imine (C=N–C) groups is 1. The van der Waals surface area contributed by atoms with Crippen molar-refractivity contribution in [2.24, 2.45) is 4.99 Å². The van der Waals surface area contributed by atoms with Gasteiger partial charge in [0.15, 0.2) is 5.82 Å². The molecule has 4 heterocycles. The fourth-order valence-corrected chi connectivity index (χ4v) is 4.68. The molecule has 0 saturated carbocycles. The summed E-state index contributed by atoms with van der Waals surface area (Å²) in [5.41, 5.74) is 5.67. The van der Waals surface area contributed by atoms with E-state index in [1.165, 1.54) is 0 Å². The van der Waals surface area contributed by atoms with Crippen LogP contribution in [0.15, 0.2) is 47.5 Å². The second-order valence-corrected chi connectivity index (χ2v) is 9.59. The molecule has 7 heteroatoms. The number of fused-ring (bicyclic) bond motifs is 3. The molecule has 0 saturated heterocycles. The number of carbonyl (C=O) groups is 1. The lowest BCUT2D eigenvalue weighted by Crippen LogP contribution is -2.48. The Morgan fingerprint density at radius 1 is 1.09 bits per heavy atom. The highest BCUT2D eigenvalue weighted by molar-refractivity contribution is 6.19. The van der Waals surface area contributed by atoms with Gasteiger partial charge in [0.2, 0.25) is 5.96 Å². The molecule has 2 aliphatic rings. The predicted octanol–water partition coefficient (Wildman–Crippen LogP) is 4.29. The lowest BCUT2D eigenvalue weighted by molar-refractivity contribution is 0.0864. The number of rotatable bonds is 5. The zero-order valence-electron chi connectivity index (χ0n) is 20.0. The van der Waals surface area contributed by atoms with Gasteiger partial charge in [-0.15, -0.1) is 0 Å². The van der Waals surface area contributed by atoms with Crippen LogP contribution in [0.3, 0.4) is 0 Å². The second-order valence-electron chi connectivity index (χ2n) is 9.59. The van der Waals surface area contributed by atoms with Crippen molar-refractivity contribution in [3.05, 3.63) is 65.0 Å². The molecule has 1 aromatic carbocycles. The highest BCUT2D eigenvalue weighted by atomic mass is 16.2. The lowest BCUT2D eigenvalue weighted by atomic mass is 10.1. The SMILES string of the molecule is CCCc1c2c(nn1Cc1ccc(-c3cccc(C)n3)cc1)N1CC(C)(C)N=C1N(C)C2=O. The van der Waals surface area contributed by atoms with E-state index in [0.717, 1.165) is 52.4 Å². The largest absolute Gasteiger partial charge is 0.292 e. The van der Waals surface area contributed by atoms with Gasteiger partial charge in [0, 0.05) is 18.3 Å². The summed E-state index contributed by atoms with van der Waals surface area (Å²) in [4.78, 5) is 26.5. The number of amides is 1. The van der Waals surface area contributed by atoms with Crippen LogP contribution in [0.1, 0.15) is 54.5 Å². The summed E-state index contributed by atoms with van der Waals surface area (Å²) in [7, 11) is 1.81. The first-order valence-corrected chi connectivity index (χ1v) is 11.6. The smallest absolute Gasteiger partial charge is 0.266 e. The third-order valence-electron chi connectivity index (χ3n) is 6.26. The molecule has 2 aromatic heterocycles. The summed E-state index contributed by atoms with van der Waals surface area (Å²) >= 11 is 0. The van der Waals surface area contributed by atoms with Gasteiger partial charge >= 0.3 is 0 Å². The number of aryl methyl sites for hydroxylation is 1. The minimum atomic E-state index is -0.250. The number of carbonyl (C=O) groups excluding carboxylic acids is 1. The Kier molecular flexibility index (Phi) is 5.07. The van der Waals surface area contributed by atoms with E-state index in [2.05, 4.69) is 54.9 Å². The van der Waals surface area contributed by atoms with Crippen molar-refractivity contribution in [2.45, 2.75) is 52.6 Å². The van der Waals surface area contributed by atoms with Gasteiger partial charge in [0.05, 0.1) is 30.0 Å². The summed E-state index contributed by atoms with van der Waals surface area (Å²) in [6.45, 7) is 9.65. The average Bonchev–Trinajstić information content (AvgIpc) is 3.30. The second kappa shape index (κ2) is 7.83. The number of anilines is 1. The Hall–Kier alpha value is -3.48. The van der Waals surface area contributed by atoms with Gasteiger partial charge in [-0.2, -0.15) is 5.10 Å². The molecule has 33 heavy (non-hydrogen) atoms. The molecule has 3 aromatic rings. The van der Waals surface area contributed by atoms with E-state index in [1.807, 2.05) is 36.9 Å². The van der Waals surface area contributed by atoms with E-state index in [1.54, 1.807) is 4.90 Å². The Balaban J connectivity index is 1.50. The third kappa shape index (κ3) is 3.71. The normalized spacial score (nSPS) is 16.6. The highest BCUT2D eigenvalue weighted by Gasteiger charge is 2.44. The molecular formula is C26H30N6O. The van der Waals surface area contributed by atoms with Crippen molar-refractivity contribution < 1.29 is 4.79 Å². The van der Waals surface area contributed by atoms with Gasteiger partial charge in [-0.05, 0) is 44.9 Å². The molecule has 0 N–H and O–H groups in total. The van der Waals surface area contributed by atoms with Gasteiger partial charge < -0.3 is 0 Å². The Labute approximate surface area is 194 Å². The maximum absolute atomic E-state index is 13.3. The number of hydrogen-bond donors (Lipinski definition) is 0. The summed E-state index contributed by atoms with van der Waals surface area (Å²) < 4.78 is 2.01. The number of hydrogen-bond acceptors (Lipinski definition) is 5. The van der Waals surface area contributed by atoms with Crippen molar-refractivity contribution >= 4 is 17.7 Å². The Bertz CT molecular complexity index is 1250. The summed E-state index contributed by atoms with van der Waals surface area (Å²) in [6.07, 6.45) is 1.75. The molecule has 0 radical (unpaired) electrons. The van der Waals surface area contributed by atoms with Gasteiger partial charge in [-0.25, -0.2) is 4.99 Å². The molecule has 0 fully saturated rings. The Morgan fingerprint density at radius 2 is 1.85 bits per heavy atom. The number of aromatic nitrogens is 3. The van der Waals surface area contributed by atoms with Crippen LogP contribution < -0.4 is 4.90 Å². The van der Waals surface area contributed by atoms with Crippen LogP contribution in [-0.4, -0.2) is 50.7 Å². The maximum Gasteiger partial charge on any atom is 0.266 e. The van der Waals surface area contributed by atoms with E-state index in [9.17, 15) is 4.79 Å². The fraction of sp³-hybridized carbons (Fsp3) is 0.385. The van der Waals surface area contributed by atoms with E-state index in [0.29, 0.717) is 19.0 Å². The van der Waals surface area contributed by atoms with Crippen molar-refractivity contribution in [1.82, 2.24) is 19.7 Å². The predicted molar refractivity (Wildman–Crippen MR) is 131 cm³/mol. The monoisotopic (exact) mass is 442 g/mol. The van der Waals surface area contributed by atoms with Crippen LogP contribution in [0, 0.1) is 6.92 Å². The third-order valence-corrected chi connectivity index (χ3v) is 6.26. The molecule has 5 rings (SSSR count). The number of nitrogens with zero attached hydrogens (tertiary/aromatic N) is 6.